The minimum atomic E-state index is -1.71. The van der Waals surface area contributed by atoms with Crippen molar-refractivity contribution in [1.29, 1.82) is 0 Å². The van der Waals surface area contributed by atoms with E-state index < -0.39 is 48.7 Å². The molecule has 9 nitrogen and oxygen atoms in total. The number of hydrogen-bond acceptors (Lipinski definition) is 7. The SMILES string of the molecule is Cc1cc2nc(C(=O)O)c(=O)n(C[C@H](O)[C@H](O)[C@H](O)CO)c2cc1C. The number of aryl methyl sites for hydroxylation is 2. The molecule has 0 radical (unpaired) electrons. The largest absolute Gasteiger partial charge is 0.476 e. The molecule has 0 aliphatic carbocycles. The van der Waals surface area contributed by atoms with Crippen LogP contribution < -0.4 is 5.56 Å². The van der Waals surface area contributed by atoms with Gasteiger partial charge in [0.05, 0.1) is 24.2 Å². The Morgan fingerprint density at radius 1 is 1.16 bits per heavy atom. The van der Waals surface area contributed by atoms with Gasteiger partial charge in [0.15, 0.2) is 0 Å². The van der Waals surface area contributed by atoms with E-state index in [2.05, 4.69) is 4.98 Å². The van der Waals surface area contributed by atoms with Gasteiger partial charge < -0.3 is 30.1 Å². The van der Waals surface area contributed by atoms with Gasteiger partial charge in [0.2, 0.25) is 5.69 Å². The fraction of sp³-hybridized carbons (Fsp3) is 0.438. The summed E-state index contributed by atoms with van der Waals surface area (Å²) < 4.78 is 0.996. The lowest BCUT2D eigenvalue weighted by atomic mass is 10.1. The van der Waals surface area contributed by atoms with Crippen molar-refractivity contribution in [3.63, 3.8) is 0 Å². The van der Waals surface area contributed by atoms with E-state index in [1.165, 1.54) is 0 Å². The van der Waals surface area contributed by atoms with Gasteiger partial charge in [-0.3, -0.25) is 4.79 Å². The molecule has 0 aliphatic rings. The van der Waals surface area contributed by atoms with Gasteiger partial charge in [0, 0.05) is 0 Å². The zero-order valence-corrected chi connectivity index (χ0v) is 13.7. The fourth-order valence-corrected chi connectivity index (χ4v) is 2.48. The number of benzene rings is 1. The molecule has 0 fully saturated rings. The van der Waals surface area contributed by atoms with Gasteiger partial charge in [-0.25, -0.2) is 9.78 Å². The van der Waals surface area contributed by atoms with Crippen LogP contribution in [0.2, 0.25) is 0 Å². The van der Waals surface area contributed by atoms with E-state index in [1.807, 2.05) is 6.92 Å². The summed E-state index contributed by atoms with van der Waals surface area (Å²) in [6.07, 6.45) is -4.91. The van der Waals surface area contributed by atoms with Crippen LogP contribution in [0.25, 0.3) is 11.0 Å². The quantitative estimate of drug-likeness (QED) is 0.434. The molecular formula is C16H20N2O7. The normalized spacial score (nSPS) is 15.1. The monoisotopic (exact) mass is 352 g/mol. The number of carboxylic acid groups (broad SMARTS) is 1. The Balaban J connectivity index is 2.64. The molecule has 2 rings (SSSR count). The summed E-state index contributed by atoms with van der Waals surface area (Å²) in [5.41, 5.74) is 0.578. The van der Waals surface area contributed by atoms with E-state index in [0.29, 0.717) is 5.52 Å². The van der Waals surface area contributed by atoms with Crippen molar-refractivity contribution in [3.05, 3.63) is 39.3 Å². The summed E-state index contributed by atoms with van der Waals surface area (Å²) in [4.78, 5) is 27.6. The van der Waals surface area contributed by atoms with E-state index in [9.17, 15) is 30.0 Å². The summed E-state index contributed by atoms with van der Waals surface area (Å²) in [5, 5.41) is 47.3. The average Bonchev–Trinajstić information content (AvgIpc) is 2.57. The first kappa shape index (κ1) is 19.0. The van der Waals surface area contributed by atoms with Crippen molar-refractivity contribution in [2.75, 3.05) is 6.61 Å². The molecule has 0 saturated heterocycles. The van der Waals surface area contributed by atoms with Crippen molar-refractivity contribution in [2.24, 2.45) is 0 Å². The molecule has 1 aromatic heterocycles. The Kier molecular flexibility index (Phi) is 5.53. The lowest BCUT2D eigenvalue weighted by Crippen LogP contribution is -2.43. The molecule has 0 amide bonds. The zero-order valence-electron chi connectivity index (χ0n) is 13.7. The predicted octanol–water partition coefficient (Wildman–Crippen LogP) is -1.21. The number of carboxylic acids is 1. The fourth-order valence-electron chi connectivity index (χ4n) is 2.48. The van der Waals surface area contributed by atoms with Gasteiger partial charge in [-0.15, -0.1) is 0 Å². The summed E-state index contributed by atoms with van der Waals surface area (Å²) in [5.74, 6) is -1.51. The molecule has 5 N–H and O–H groups in total. The number of aromatic carboxylic acids is 1. The first-order valence-corrected chi connectivity index (χ1v) is 7.57. The van der Waals surface area contributed by atoms with Gasteiger partial charge in [-0.1, -0.05) is 0 Å². The van der Waals surface area contributed by atoms with Crippen molar-refractivity contribution < 1.29 is 30.3 Å². The maximum Gasteiger partial charge on any atom is 0.360 e. The molecule has 9 heteroatoms. The molecule has 0 bridgehead atoms. The number of rotatable bonds is 6. The van der Waals surface area contributed by atoms with Crippen molar-refractivity contribution >= 4 is 17.0 Å². The van der Waals surface area contributed by atoms with Crippen LogP contribution in [0.3, 0.4) is 0 Å². The van der Waals surface area contributed by atoms with E-state index in [4.69, 9.17) is 5.11 Å². The topological polar surface area (TPSA) is 153 Å². The first-order chi connectivity index (χ1) is 11.7. The lowest BCUT2D eigenvalue weighted by molar-refractivity contribution is -0.0805. The summed E-state index contributed by atoms with van der Waals surface area (Å²) >= 11 is 0. The molecule has 1 aromatic carbocycles. The number of nitrogens with zero attached hydrogens (tertiary/aromatic N) is 2. The highest BCUT2D eigenvalue weighted by Crippen LogP contribution is 2.18. The number of fused-ring (bicyclic) bond motifs is 1. The van der Waals surface area contributed by atoms with Crippen molar-refractivity contribution in [2.45, 2.75) is 38.7 Å². The second-order valence-electron chi connectivity index (χ2n) is 5.91. The number of aliphatic hydroxyl groups is 4. The molecular weight excluding hydrogens is 332 g/mol. The molecule has 0 saturated carbocycles. The molecule has 0 unspecified atom stereocenters. The third kappa shape index (κ3) is 3.69. The number of aliphatic hydroxyl groups excluding tert-OH is 4. The molecule has 25 heavy (non-hydrogen) atoms. The van der Waals surface area contributed by atoms with Crippen molar-refractivity contribution in [1.82, 2.24) is 9.55 Å². The predicted molar refractivity (Wildman–Crippen MR) is 87.5 cm³/mol. The van der Waals surface area contributed by atoms with Gasteiger partial charge in [-0.05, 0) is 37.1 Å². The average molecular weight is 352 g/mol. The second-order valence-corrected chi connectivity index (χ2v) is 5.91. The van der Waals surface area contributed by atoms with Crippen LogP contribution in [0.4, 0.5) is 0 Å². The minimum Gasteiger partial charge on any atom is -0.476 e. The number of carbonyl (C=O) groups is 1. The molecule has 136 valence electrons. The van der Waals surface area contributed by atoms with Gasteiger partial charge in [0.1, 0.15) is 18.3 Å². The highest BCUT2D eigenvalue weighted by Gasteiger charge is 2.26. The second kappa shape index (κ2) is 7.28. The zero-order chi connectivity index (χ0) is 18.9. The lowest BCUT2D eigenvalue weighted by Gasteiger charge is -2.23. The number of hydrogen-bond donors (Lipinski definition) is 5. The summed E-state index contributed by atoms with van der Waals surface area (Å²) in [6.45, 7) is 2.36. The smallest absolute Gasteiger partial charge is 0.360 e. The molecule has 3 atom stereocenters. The van der Waals surface area contributed by atoms with Crippen LogP contribution in [0.15, 0.2) is 16.9 Å². The Labute approximate surface area is 142 Å². The third-order valence-corrected chi connectivity index (χ3v) is 4.11. The molecule has 0 aliphatic heterocycles. The summed E-state index contributed by atoms with van der Waals surface area (Å²) in [7, 11) is 0. The van der Waals surface area contributed by atoms with Gasteiger partial charge >= 0.3 is 5.97 Å². The highest BCUT2D eigenvalue weighted by atomic mass is 16.4. The standard InChI is InChI=1S/C16H20N2O7/c1-7-3-9-10(4-8(7)2)18(15(23)13(17-9)16(24)25)5-11(20)14(22)12(21)6-19/h3-4,11-12,14,19-22H,5-6H2,1-2H3,(H,24,25)/t11-,12+,14-/m0/s1. The molecule has 2 aromatic rings. The Morgan fingerprint density at radius 3 is 2.32 bits per heavy atom. The van der Waals surface area contributed by atoms with Gasteiger partial charge in [-0.2, -0.15) is 0 Å². The van der Waals surface area contributed by atoms with Crippen LogP contribution in [-0.2, 0) is 6.54 Å². The minimum absolute atomic E-state index is 0.254. The van der Waals surface area contributed by atoms with E-state index in [0.717, 1.165) is 15.7 Å². The maximum atomic E-state index is 12.4. The Bertz CT molecular complexity index is 862. The maximum absolute atomic E-state index is 12.4. The van der Waals surface area contributed by atoms with Crippen LogP contribution in [0.5, 0.6) is 0 Å². The van der Waals surface area contributed by atoms with Crippen LogP contribution in [0.1, 0.15) is 21.6 Å². The van der Waals surface area contributed by atoms with Crippen LogP contribution in [-0.4, -0.2) is 66.0 Å². The molecule has 0 spiro atoms. The van der Waals surface area contributed by atoms with Crippen LogP contribution >= 0.6 is 0 Å². The Morgan fingerprint density at radius 2 is 1.76 bits per heavy atom. The van der Waals surface area contributed by atoms with Crippen LogP contribution in [0, 0.1) is 13.8 Å². The van der Waals surface area contributed by atoms with Crippen molar-refractivity contribution in [3.8, 4) is 0 Å². The van der Waals surface area contributed by atoms with Gasteiger partial charge in [0.25, 0.3) is 5.56 Å². The third-order valence-electron chi connectivity index (χ3n) is 4.11. The van der Waals surface area contributed by atoms with E-state index in [1.54, 1.807) is 19.1 Å². The van der Waals surface area contributed by atoms with E-state index in [-0.39, 0.29) is 5.52 Å². The number of aromatic nitrogens is 2. The Hall–Kier alpha value is -2.33. The first-order valence-electron chi connectivity index (χ1n) is 7.57. The summed E-state index contributed by atoms with van der Waals surface area (Å²) in [6, 6.07) is 3.25. The molecule has 1 heterocycles. The van der Waals surface area contributed by atoms with E-state index >= 15 is 0 Å². The highest BCUT2D eigenvalue weighted by molar-refractivity contribution is 5.88.